The van der Waals surface area contributed by atoms with Crippen molar-refractivity contribution in [3.8, 4) is 0 Å². The van der Waals surface area contributed by atoms with Crippen LogP contribution >= 0.6 is 0 Å². The minimum Gasteiger partial charge on any atom is -0.320 e. The van der Waals surface area contributed by atoms with E-state index in [0.29, 0.717) is 0 Å². The maximum absolute atomic E-state index is 13.5. The molecule has 1 N–H and O–H groups in total. The van der Waals surface area contributed by atoms with Gasteiger partial charge in [-0.25, -0.2) is 0 Å². The van der Waals surface area contributed by atoms with Crippen LogP contribution in [0.4, 0.5) is 14.5 Å². The molecule has 0 aromatic heterocycles. The van der Waals surface area contributed by atoms with Crippen LogP contribution in [0, 0.1) is 0 Å². The summed E-state index contributed by atoms with van der Waals surface area (Å²) in [5.74, 6) is -4.65. The number of carbonyl (C=O) groups is 1. The molecular formula is C12H13F2NO. The molecule has 4 heteroatoms. The van der Waals surface area contributed by atoms with E-state index in [0.717, 1.165) is 5.56 Å². The lowest BCUT2D eigenvalue weighted by Crippen LogP contribution is -2.24. The van der Waals surface area contributed by atoms with Gasteiger partial charge in [0.2, 0.25) is 0 Å². The molecule has 0 aliphatic carbocycles. The Hall–Kier alpha value is -1.45. The fraction of sp³-hybridized carbons (Fsp3) is 0.417. The van der Waals surface area contributed by atoms with E-state index in [2.05, 4.69) is 5.32 Å². The molecule has 1 aliphatic rings. The van der Waals surface area contributed by atoms with E-state index in [-0.39, 0.29) is 16.7 Å². The average molecular weight is 225 g/mol. The van der Waals surface area contributed by atoms with Crippen molar-refractivity contribution in [1.82, 2.24) is 0 Å². The summed E-state index contributed by atoms with van der Waals surface area (Å²) in [6.45, 7) is 5.82. The van der Waals surface area contributed by atoms with Crippen molar-refractivity contribution in [1.29, 1.82) is 0 Å². The lowest BCUT2D eigenvalue weighted by Gasteiger charge is -2.20. The highest BCUT2D eigenvalue weighted by molar-refractivity contribution is 6.03. The van der Waals surface area contributed by atoms with Crippen LogP contribution in [0.3, 0.4) is 0 Å². The number of hydrogen-bond acceptors (Lipinski definition) is 1. The van der Waals surface area contributed by atoms with Gasteiger partial charge in [0.15, 0.2) is 0 Å². The molecule has 1 aromatic carbocycles. The predicted molar refractivity (Wildman–Crippen MR) is 57.7 cm³/mol. The summed E-state index contributed by atoms with van der Waals surface area (Å²) in [6, 6.07) is 4.71. The minimum atomic E-state index is -3.41. The van der Waals surface area contributed by atoms with Crippen LogP contribution in [0.5, 0.6) is 0 Å². The highest BCUT2D eigenvalue weighted by Crippen LogP contribution is 2.42. The van der Waals surface area contributed by atoms with E-state index in [9.17, 15) is 13.6 Å². The van der Waals surface area contributed by atoms with E-state index in [1.54, 1.807) is 6.07 Å². The molecule has 0 bridgehead atoms. The molecule has 0 fully saturated rings. The Morgan fingerprint density at radius 3 is 2.44 bits per heavy atom. The normalized spacial score (nSPS) is 18.2. The fourth-order valence-corrected chi connectivity index (χ4v) is 1.70. The Morgan fingerprint density at radius 1 is 1.25 bits per heavy atom. The van der Waals surface area contributed by atoms with Gasteiger partial charge in [-0.1, -0.05) is 26.8 Å². The molecule has 0 spiro atoms. The molecule has 1 amide bonds. The topological polar surface area (TPSA) is 29.1 Å². The Kier molecular flexibility index (Phi) is 2.09. The molecular weight excluding hydrogens is 212 g/mol. The molecule has 1 aliphatic heterocycles. The first-order valence-corrected chi connectivity index (χ1v) is 5.07. The summed E-state index contributed by atoms with van der Waals surface area (Å²) in [5.41, 5.74) is 0.576. The lowest BCUT2D eigenvalue weighted by molar-refractivity contribution is -0.139. The SMILES string of the molecule is CC(C)(C)c1ccc2c(c1)C(F)(F)C(=O)N2. The average Bonchev–Trinajstić information content (AvgIpc) is 2.37. The fourth-order valence-electron chi connectivity index (χ4n) is 1.70. The smallest absolute Gasteiger partial charge is 0.320 e. The zero-order valence-corrected chi connectivity index (χ0v) is 9.40. The lowest BCUT2D eigenvalue weighted by atomic mass is 9.85. The van der Waals surface area contributed by atoms with Gasteiger partial charge in [0.25, 0.3) is 5.91 Å². The van der Waals surface area contributed by atoms with Gasteiger partial charge in [-0.2, -0.15) is 8.78 Å². The minimum absolute atomic E-state index is 0.211. The van der Waals surface area contributed by atoms with E-state index >= 15 is 0 Å². The second-order valence-corrected chi connectivity index (χ2v) is 5.04. The highest BCUT2D eigenvalue weighted by Gasteiger charge is 2.48. The van der Waals surface area contributed by atoms with Gasteiger partial charge in [-0.3, -0.25) is 4.79 Å². The molecule has 0 radical (unpaired) electrons. The number of rotatable bonds is 0. The first-order chi connectivity index (χ1) is 7.23. The summed E-state index contributed by atoms with van der Waals surface area (Å²) in [4.78, 5) is 11.1. The Balaban J connectivity index is 2.57. The second kappa shape index (κ2) is 3.03. The summed E-state index contributed by atoms with van der Waals surface area (Å²) in [6.07, 6.45) is 0. The van der Waals surface area contributed by atoms with Crippen LogP contribution < -0.4 is 5.32 Å². The highest BCUT2D eigenvalue weighted by atomic mass is 19.3. The van der Waals surface area contributed by atoms with E-state index in [4.69, 9.17) is 0 Å². The zero-order chi connectivity index (χ0) is 12.1. The zero-order valence-electron chi connectivity index (χ0n) is 9.40. The van der Waals surface area contributed by atoms with Crippen molar-refractivity contribution in [2.75, 3.05) is 5.32 Å². The molecule has 0 atom stereocenters. The molecule has 1 heterocycles. The molecule has 86 valence electrons. The van der Waals surface area contributed by atoms with Gasteiger partial charge in [0, 0.05) is 0 Å². The quantitative estimate of drug-likeness (QED) is 0.722. The Bertz CT molecular complexity index is 461. The van der Waals surface area contributed by atoms with Crippen LogP contribution in [-0.4, -0.2) is 5.91 Å². The first kappa shape index (κ1) is 11.0. The molecule has 2 nitrogen and oxygen atoms in total. The second-order valence-electron chi connectivity index (χ2n) is 5.04. The monoisotopic (exact) mass is 225 g/mol. The van der Waals surface area contributed by atoms with Gasteiger partial charge in [0.05, 0.1) is 11.3 Å². The van der Waals surface area contributed by atoms with Crippen molar-refractivity contribution in [2.45, 2.75) is 32.1 Å². The van der Waals surface area contributed by atoms with Crippen LogP contribution in [0.1, 0.15) is 31.9 Å². The van der Waals surface area contributed by atoms with Crippen molar-refractivity contribution >= 4 is 11.6 Å². The third kappa shape index (κ3) is 1.49. The van der Waals surface area contributed by atoms with Crippen LogP contribution in [-0.2, 0) is 16.1 Å². The van der Waals surface area contributed by atoms with E-state index in [1.807, 2.05) is 20.8 Å². The summed E-state index contributed by atoms with van der Waals surface area (Å²) in [7, 11) is 0. The summed E-state index contributed by atoms with van der Waals surface area (Å²) >= 11 is 0. The molecule has 16 heavy (non-hydrogen) atoms. The predicted octanol–water partition coefficient (Wildman–Crippen LogP) is 3.03. The van der Waals surface area contributed by atoms with Crippen molar-refractivity contribution in [2.24, 2.45) is 0 Å². The number of benzene rings is 1. The van der Waals surface area contributed by atoms with Gasteiger partial charge < -0.3 is 5.32 Å². The standard InChI is InChI=1S/C12H13F2NO/c1-11(2,3)7-4-5-9-8(6-7)12(13,14)10(16)15-9/h4-6H,1-3H3,(H,15,16). The number of fused-ring (bicyclic) bond motifs is 1. The van der Waals surface area contributed by atoms with Crippen LogP contribution in [0.25, 0.3) is 0 Å². The summed E-state index contributed by atoms with van der Waals surface area (Å²) in [5, 5.41) is 2.18. The van der Waals surface area contributed by atoms with Gasteiger partial charge in [0.1, 0.15) is 0 Å². The Morgan fingerprint density at radius 2 is 1.88 bits per heavy atom. The van der Waals surface area contributed by atoms with Gasteiger partial charge in [-0.05, 0) is 23.1 Å². The third-order valence-electron chi connectivity index (χ3n) is 2.76. The molecule has 0 saturated heterocycles. The van der Waals surface area contributed by atoms with Gasteiger partial charge >= 0.3 is 5.92 Å². The number of nitrogens with one attached hydrogen (secondary N) is 1. The van der Waals surface area contributed by atoms with E-state index in [1.165, 1.54) is 12.1 Å². The largest absolute Gasteiger partial charge is 0.352 e. The van der Waals surface area contributed by atoms with Gasteiger partial charge in [-0.15, -0.1) is 0 Å². The molecule has 0 unspecified atom stereocenters. The Labute approximate surface area is 92.7 Å². The third-order valence-corrected chi connectivity index (χ3v) is 2.76. The van der Waals surface area contributed by atoms with Crippen molar-refractivity contribution < 1.29 is 13.6 Å². The first-order valence-electron chi connectivity index (χ1n) is 5.07. The summed E-state index contributed by atoms with van der Waals surface area (Å²) < 4.78 is 27.0. The molecule has 1 aromatic rings. The molecule has 2 rings (SSSR count). The van der Waals surface area contributed by atoms with Crippen molar-refractivity contribution in [3.63, 3.8) is 0 Å². The number of halogens is 2. The van der Waals surface area contributed by atoms with Crippen LogP contribution in [0.2, 0.25) is 0 Å². The number of hydrogen-bond donors (Lipinski definition) is 1. The maximum atomic E-state index is 13.5. The van der Waals surface area contributed by atoms with E-state index < -0.39 is 11.8 Å². The number of carbonyl (C=O) groups excluding carboxylic acids is 1. The maximum Gasteiger partial charge on any atom is 0.352 e. The van der Waals surface area contributed by atoms with Crippen LogP contribution in [0.15, 0.2) is 18.2 Å². The number of alkyl halides is 2. The molecule has 0 saturated carbocycles. The van der Waals surface area contributed by atoms with Crippen molar-refractivity contribution in [3.05, 3.63) is 29.3 Å². The number of anilines is 1. The number of amides is 1.